The Morgan fingerprint density at radius 1 is 1.33 bits per heavy atom. The Kier molecular flexibility index (Phi) is 4.22. The Hall–Kier alpha value is -1.46. The van der Waals surface area contributed by atoms with Crippen LogP contribution in [0.1, 0.15) is 32.6 Å². The van der Waals surface area contributed by atoms with E-state index in [1.807, 2.05) is 30.3 Å². The third-order valence-electron chi connectivity index (χ3n) is 4.38. The highest BCUT2D eigenvalue weighted by Gasteiger charge is 2.35. The van der Waals surface area contributed by atoms with E-state index in [-0.39, 0.29) is 11.5 Å². The van der Waals surface area contributed by atoms with Crippen LogP contribution in [0.15, 0.2) is 30.3 Å². The Morgan fingerprint density at radius 3 is 2.90 bits per heavy atom. The number of hydrogen-bond donors (Lipinski definition) is 2. The molecule has 4 nitrogen and oxygen atoms in total. The van der Waals surface area contributed by atoms with Gasteiger partial charge in [-0.25, -0.2) is 0 Å². The molecule has 0 amide bonds. The van der Waals surface area contributed by atoms with Gasteiger partial charge in [-0.2, -0.15) is 9.36 Å². The second-order valence-corrected chi connectivity index (χ2v) is 6.81. The van der Waals surface area contributed by atoms with Crippen LogP contribution in [-0.2, 0) is 0 Å². The van der Waals surface area contributed by atoms with Crippen molar-refractivity contribution < 1.29 is 5.11 Å². The first-order valence-corrected chi connectivity index (χ1v) is 8.26. The Balaban J connectivity index is 1.65. The van der Waals surface area contributed by atoms with Gasteiger partial charge in [-0.15, -0.1) is 0 Å². The standard InChI is InChI=1S/C16H21N3OS/c1-16(10-6-5-9-13(16)20)11-17-15-18-14(19-21-15)12-7-3-2-4-8-12/h2-4,7-8,13,20H,5-6,9-11H2,1H3,(H,17,18,19). The maximum atomic E-state index is 10.2. The minimum Gasteiger partial charge on any atom is -0.392 e. The van der Waals surface area contributed by atoms with Crippen LogP contribution >= 0.6 is 11.5 Å². The monoisotopic (exact) mass is 303 g/mol. The summed E-state index contributed by atoms with van der Waals surface area (Å²) >= 11 is 1.38. The van der Waals surface area contributed by atoms with Crippen LogP contribution in [-0.4, -0.2) is 27.1 Å². The molecule has 1 aromatic carbocycles. The van der Waals surface area contributed by atoms with Crippen LogP contribution in [0.4, 0.5) is 5.13 Å². The van der Waals surface area contributed by atoms with Gasteiger partial charge < -0.3 is 10.4 Å². The summed E-state index contributed by atoms with van der Waals surface area (Å²) in [5.74, 6) is 0.762. The molecule has 1 aromatic heterocycles. The summed E-state index contributed by atoms with van der Waals surface area (Å²) in [6.07, 6.45) is 4.07. The number of rotatable bonds is 4. The fourth-order valence-corrected chi connectivity index (χ4v) is 3.45. The van der Waals surface area contributed by atoms with Gasteiger partial charge in [0, 0.05) is 29.1 Å². The molecule has 5 heteroatoms. The van der Waals surface area contributed by atoms with Gasteiger partial charge in [-0.05, 0) is 12.8 Å². The molecule has 3 rings (SSSR count). The number of aliphatic hydroxyl groups excluding tert-OH is 1. The van der Waals surface area contributed by atoms with Gasteiger partial charge >= 0.3 is 0 Å². The van der Waals surface area contributed by atoms with Crippen molar-refractivity contribution in [2.75, 3.05) is 11.9 Å². The maximum absolute atomic E-state index is 10.2. The van der Waals surface area contributed by atoms with Gasteiger partial charge in [-0.1, -0.05) is 50.1 Å². The van der Waals surface area contributed by atoms with E-state index in [9.17, 15) is 5.11 Å². The summed E-state index contributed by atoms with van der Waals surface area (Å²) in [7, 11) is 0. The topological polar surface area (TPSA) is 58.0 Å². The van der Waals surface area contributed by atoms with Crippen molar-refractivity contribution >= 4 is 16.7 Å². The third-order valence-corrected chi connectivity index (χ3v) is 5.05. The first-order chi connectivity index (χ1) is 10.2. The minimum atomic E-state index is -0.222. The number of anilines is 1. The van der Waals surface area contributed by atoms with Gasteiger partial charge in [0.15, 0.2) is 5.82 Å². The van der Waals surface area contributed by atoms with Crippen molar-refractivity contribution in [2.45, 2.75) is 38.7 Å². The molecule has 1 saturated carbocycles. The van der Waals surface area contributed by atoms with Crippen LogP contribution in [0.3, 0.4) is 0 Å². The summed E-state index contributed by atoms with van der Waals surface area (Å²) in [5, 5.41) is 14.4. The molecule has 1 fully saturated rings. The molecule has 2 atom stereocenters. The summed E-state index contributed by atoms with van der Waals surface area (Å²) in [6, 6.07) is 9.99. The van der Waals surface area contributed by atoms with Crippen LogP contribution in [0.5, 0.6) is 0 Å². The fraction of sp³-hybridized carbons (Fsp3) is 0.500. The molecular weight excluding hydrogens is 282 g/mol. The lowest BCUT2D eigenvalue weighted by atomic mass is 9.73. The van der Waals surface area contributed by atoms with E-state index in [1.165, 1.54) is 18.0 Å². The number of nitrogens with zero attached hydrogens (tertiary/aromatic N) is 2. The molecule has 1 aliphatic carbocycles. The van der Waals surface area contributed by atoms with Crippen LogP contribution in [0, 0.1) is 5.41 Å². The Bertz CT molecular complexity index is 586. The molecule has 0 bridgehead atoms. The SMILES string of the molecule is CC1(CNc2nc(-c3ccccc3)ns2)CCCCC1O. The average molecular weight is 303 g/mol. The minimum absolute atomic E-state index is 0.0587. The second-order valence-electron chi connectivity index (χ2n) is 6.06. The lowest BCUT2D eigenvalue weighted by Gasteiger charge is -2.38. The van der Waals surface area contributed by atoms with Gasteiger partial charge in [0.1, 0.15) is 0 Å². The van der Waals surface area contributed by atoms with Crippen molar-refractivity contribution in [1.82, 2.24) is 9.36 Å². The molecule has 0 spiro atoms. The molecule has 0 aliphatic heterocycles. The smallest absolute Gasteiger partial charge is 0.202 e. The van der Waals surface area contributed by atoms with E-state index in [1.54, 1.807) is 0 Å². The van der Waals surface area contributed by atoms with Crippen LogP contribution in [0.2, 0.25) is 0 Å². The highest BCUT2D eigenvalue weighted by atomic mass is 32.1. The number of aromatic nitrogens is 2. The summed E-state index contributed by atoms with van der Waals surface area (Å²) in [4.78, 5) is 4.54. The zero-order chi connectivity index (χ0) is 14.7. The maximum Gasteiger partial charge on any atom is 0.202 e. The lowest BCUT2D eigenvalue weighted by Crippen LogP contribution is -2.41. The Labute approximate surface area is 129 Å². The van der Waals surface area contributed by atoms with Crippen molar-refractivity contribution in [3.05, 3.63) is 30.3 Å². The molecule has 2 unspecified atom stereocenters. The first-order valence-electron chi connectivity index (χ1n) is 7.48. The quantitative estimate of drug-likeness (QED) is 0.907. The van der Waals surface area contributed by atoms with E-state index in [4.69, 9.17) is 0 Å². The molecule has 2 N–H and O–H groups in total. The fourth-order valence-electron chi connectivity index (χ4n) is 2.87. The summed E-state index contributed by atoms with van der Waals surface area (Å²) in [5.41, 5.74) is 0.974. The predicted molar refractivity (Wildman–Crippen MR) is 86.4 cm³/mol. The van der Waals surface area contributed by atoms with Crippen LogP contribution in [0.25, 0.3) is 11.4 Å². The normalized spacial score (nSPS) is 25.7. The summed E-state index contributed by atoms with van der Waals surface area (Å²) < 4.78 is 4.40. The predicted octanol–water partition coefficient (Wildman–Crippen LogP) is 3.56. The number of nitrogens with one attached hydrogen (secondary N) is 1. The van der Waals surface area contributed by atoms with Gasteiger partial charge in [0.2, 0.25) is 5.13 Å². The summed E-state index contributed by atoms with van der Waals surface area (Å²) in [6.45, 7) is 2.90. The molecule has 1 aliphatic rings. The molecule has 0 radical (unpaired) electrons. The Morgan fingerprint density at radius 2 is 2.14 bits per heavy atom. The van der Waals surface area contributed by atoms with Gasteiger partial charge in [-0.3, -0.25) is 0 Å². The lowest BCUT2D eigenvalue weighted by molar-refractivity contribution is 0.00963. The molecule has 112 valence electrons. The van der Waals surface area contributed by atoms with E-state index in [2.05, 4.69) is 21.6 Å². The van der Waals surface area contributed by atoms with Crippen molar-refractivity contribution in [2.24, 2.45) is 5.41 Å². The van der Waals surface area contributed by atoms with Gasteiger partial charge in [0.25, 0.3) is 0 Å². The molecular formula is C16H21N3OS. The van der Waals surface area contributed by atoms with Crippen molar-refractivity contribution in [3.63, 3.8) is 0 Å². The number of aliphatic hydroxyl groups is 1. The molecule has 21 heavy (non-hydrogen) atoms. The molecule has 0 saturated heterocycles. The molecule has 1 heterocycles. The van der Waals surface area contributed by atoms with Crippen molar-refractivity contribution in [3.8, 4) is 11.4 Å². The largest absolute Gasteiger partial charge is 0.392 e. The van der Waals surface area contributed by atoms with Crippen molar-refractivity contribution in [1.29, 1.82) is 0 Å². The zero-order valence-electron chi connectivity index (χ0n) is 12.2. The first kappa shape index (κ1) is 14.5. The molecule has 2 aromatic rings. The van der Waals surface area contributed by atoms with E-state index >= 15 is 0 Å². The highest BCUT2D eigenvalue weighted by Crippen LogP contribution is 2.36. The zero-order valence-corrected chi connectivity index (χ0v) is 13.1. The second kappa shape index (κ2) is 6.12. The van der Waals surface area contributed by atoms with Crippen LogP contribution < -0.4 is 5.32 Å². The number of benzene rings is 1. The number of hydrogen-bond acceptors (Lipinski definition) is 5. The highest BCUT2D eigenvalue weighted by molar-refractivity contribution is 7.09. The third kappa shape index (κ3) is 3.24. The van der Waals surface area contributed by atoms with E-state index < -0.39 is 0 Å². The van der Waals surface area contributed by atoms with Gasteiger partial charge in [0.05, 0.1) is 6.10 Å². The van der Waals surface area contributed by atoms with E-state index in [0.29, 0.717) is 0 Å². The van der Waals surface area contributed by atoms with E-state index in [0.717, 1.165) is 42.3 Å². The average Bonchev–Trinajstić information content (AvgIpc) is 2.99.